The highest BCUT2D eigenvalue weighted by atomic mass is 79.9. The van der Waals surface area contributed by atoms with Crippen LogP contribution in [0.3, 0.4) is 0 Å². The van der Waals surface area contributed by atoms with E-state index in [1.165, 1.54) is 0 Å². The molecule has 0 aliphatic heterocycles. The largest absolute Gasteiger partial charge is 0.243 e. The Morgan fingerprint density at radius 2 is 2.00 bits per heavy atom. The highest BCUT2D eigenvalue weighted by Gasteiger charge is 2.04. The van der Waals surface area contributed by atoms with Gasteiger partial charge in [-0.25, -0.2) is 4.98 Å². The molecule has 2 rings (SSSR count). The fourth-order valence-electron chi connectivity index (χ4n) is 1.08. The Morgan fingerprint density at radius 3 is 2.71 bits per heavy atom. The van der Waals surface area contributed by atoms with Crippen molar-refractivity contribution in [3.05, 3.63) is 40.2 Å². The fraction of sp³-hybridized carbons (Fsp3) is 0. The second kappa shape index (κ2) is 4.02. The van der Waals surface area contributed by atoms with E-state index in [9.17, 15) is 0 Å². The van der Waals surface area contributed by atoms with Crippen molar-refractivity contribution in [2.24, 2.45) is 0 Å². The normalized spacial score (nSPS) is 10.1. The van der Waals surface area contributed by atoms with Crippen molar-refractivity contribution < 1.29 is 0 Å². The van der Waals surface area contributed by atoms with Crippen molar-refractivity contribution in [3.8, 4) is 11.3 Å². The van der Waals surface area contributed by atoms with Crippen LogP contribution >= 0.6 is 27.5 Å². The average Bonchev–Trinajstić information content (AvgIpc) is 2.18. The van der Waals surface area contributed by atoms with Gasteiger partial charge >= 0.3 is 0 Å². The van der Waals surface area contributed by atoms with Gasteiger partial charge in [-0.2, -0.15) is 5.10 Å². The Kier molecular flexibility index (Phi) is 2.74. The summed E-state index contributed by atoms with van der Waals surface area (Å²) in [5.41, 5.74) is 1.65. The lowest BCUT2D eigenvalue weighted by atomic mass is 10.2. The summed E-state index contributed by atoms with van der Waals surface area (Å²) in [7, 11) is 0. The highest BCUT2D eigenvalue weighted by Crippen LogP contribution is 2.25. The van der Waals surface area contributed by atoms with Gasteiger partial charge in [0, 0.05) is 10.0 Å². The lowest BCUT2D eigenvalue weighted by Gasteiger charge is -2.01. The van der Waals surface area contributed by atoms with Crippen LogP contribution in [0.2, 0.25) is 5.28 Å². The van der Waals surface area contributed by atoms with E-state index in [0.29, 0.717) is 5.69 Å². The first-order valence-electron chi connectivity index (χ1n) is 3.87. The van der Waals surface area contributed by atoms with Gasteiger partial charge in [0.25, 0.3) is 0 Å². The van der Waals surface area contributed by atoms with Gasteiger partial charge in [0.2, 0.25) is 5.28 Å². The monoisotopic (exact) mass is 269 g/mol. The molecule has 1 heterocycles. The molecule has 1 aromatic heterocycles. The molecule has 0 saturated carbocycles. The van der Waals surface area contributed by atoms with Gasteiger partial charge in [-0.05, 0) is 17.7 Å². The molecular formula is C9H5BrClN3. The number of hydrogen-bond acceptors (Lipinski definition) is 3. The van der Waals surface area contributed by atoms with Crippen molar-refractivity contribution in [1.82, 2.24) is 15.2 Å². The van der Waals surface area contributed by atoms with E-state index < -0.39 is 0 Å². The molecule has 2 aromatic rings. The van der Waals surface area contributed by atoms with Gasteiger partial charge in [-0.3, -0.25) is 0 Å². The minimum Gasteiger partial charge on any atom is -0.215 e. The molecular weight excluding hydrogens is 265 g/mol. The Morgan fingerprint density at radius 1 is 1.21 bits per heavy atom. The summed E-state index contributed by atoms with van der Waals surface area (Å²) in [6.07, 6.45) is 1.58. The molecule has 1 aromatic carbocycles. The Bertz CT molecular complexity index is 461. The van der Waals surface area contributed by atoms with Crippen LogP contribution in [0.4, 0.5) is 0 Å². The molecule has 5 heteroatoms. The molecule has 3 nitrogen and oxygen atoms in total. The minimum atomic E-state index is 0.151. The minimum absolute atomic E-state index is 0.151. The summed E-state index contributed by atoms with van der Waals surface area (Å²) < 4.78 is 0.955. The number of hydrogen-bond donors (Lipinski definition) is 0. The zero-order chi connectivity index (χ0) is 9.97. The van der Waals surface area contributed by atoms with Crippen molar-refractivity contribution >= 4 is 27.5 Å². The number of aromatic nitrogens is 3. The van der Waals surface area contributed by atoms with Gasteiger partial charge in [-0.15, -0.1) is 5.10 Å². The van der Waals surface area contributed by atoms with Gasteiger partial charge in [0.05, 0.1) is 11.9 Å². The molecule has 0 bridgehead atoms. The van der Waals surface area contributed by atoms with Gasteiger partial charge in [0.1, 0.15) is 0 Å². The van der Waals surface area contributed by atoms with Crippen molar-refractivity contribution in [1.29, 1.82) is 0 Å². The smallest absolute Gasteiger partial charge is 0.215 e. The molecule has 0 amide bonds. The van der Waals surface area contributed by atoms with E-state index in [1.807, 2.05) is 24.3 Å². The third kappa shape index (κ3) is 1.91. The Hall–Kier alpha value is -1.000. The average molecular weight is 271 g/mol. The molecule has 0 radical (unpaired) electrons. The number of rotatable bonds is 1. The quantitative estimate of drug-likeness (QED) is 0.800. The van der Waals surface area contributed by atoms with E-state index in [4.69, 9.17) is 11.6 Å². The Balaban J connectivity index is 2.55. The SMILES string of the molecule is Clc1nncc(-c2ccccc2Br)n1. The first-order valence-corrected chi connectivity index (χ1v) is 5.04. The second-order valence-electron chi connectivity index (χ2n) is 2.59. The molecule has 0 fully saturated rings. The molecule has 14 heavy (non-hydrogen) atoms. The zero-order valence-electron chi connectivity index (χ0n) is 6.98. The lowest BCUT2D eigenvalue weighted by Crippen LogP contribution is -1.90. The van der Waals surface area contributed by atoms with Crippen LogP contribution < -0.4 is 0 Å². The summed E-state index contributed by atoms with van der Waals surface area (Å²) in [4.78, 5) is 4.07. The van der Waals surface area contributed by atoms with Crippen LogP contribution in [0.25, 0.3) is 11.3 Å². The molecule has 0 atom stereocenters. The lowest BCUT2D eigenvalue weighted by molar-refractivity contribution is 0.974. The van der Waals surface area contributed by atoms with Crippen molar-refractivity contribution in [3.63, 3.8) is 0 Å². The third-order valence-electron chi connectivity index (χ3n) is 1.68. The molecule has 0 aliphatic rings. The molecule has 0 aliphatic carbocycles. The molecule has 0 unspecified atom stereocenters. The summed E-state index contributed by atoms with van der Waals surface area (Å²) in [6, 6.07) is 7.73. The predicted molar refractivity (Wildman–Crippen MR) is 58.0 cm³/mol. The maximum atomic E-state index is 5.65. The first-order chi connectivity index (χ1) is 6.77. The fourth-order valence-corrected chi connectivity index (χ4v) is 1.70. The molecule has 0 N–H and O–H groups in total. The number of benzene rings is 1. The Labute approximate surface area is 94.3 Å². The number of halogens is 2. The van der Waals surface area contributed by atoms with Gasteiger partial charge in [-0.1, -0.05) is 34.1 Å². The molecule has 70 valence electrons. The second-order valence-corrected chi connectivity index (χ2v) is 3.78. The van der Waals surface area contributed by atoms with Gasteiger partial charge in [0.15, 0.2) is 0 Å². The van der Waals surface area contributed by atoms with Crippen LogP contribution in [0.5, 0.6) is 0 Å². The van der Waals surface area contributed by atoms with E-state index in [0.717, 1.165) is 10.0 Å². The van der Waals surface area contributed by atoms with Crippen LogP contribution in [0, 0.1) is 0 Å². The van der Waals surface area contributed by atoms with Crippen molar-refractivity contribution in [2.75, 3.05) is 0 Å². The van der Waals surface area contributed by atoms with Crippen LogP contribution in [-0.4, -0.2) is 15.2 Å². The van der Waals surface area contributed by atoms with E-state index >= 15 is 0 Å². The van der Waals surface area contributed by atoms with E-state index in [2.05, 4.69) is 31.1 Å². The highest BCUT2D eigenvalue weighted by molar-refractivity contribution is 9.10. The maximum absolute atomic E-state index is 5.65. The molecule has 0 saturated heterocycles. The van der Waals surface area contributed by atoms with E-state index in [1.54, 1.807) is 6.20 Å². The van der Waals surface area contributed by atoms with E-state index in [-0.39, 0.29) is 5.28 Å². The van der Waals surface area contributed by atoms with Crippen molar-refractivity contribution in [2.45, 2.75) is 0 Å². The van der Waals surface area contributed by atoms with Crippen LogP contribution in [0.1, 0.15) is 0 Å². The van der Waals surface area contributed by atoms with Crippen LogP contribution in [-0.2, 0) is 0 Å². The zero-order valence-corrected chi connectivity index (χ0v) is 9.33. The van der Waals surface area contributed by atoms with Crippen LogP contribution in [0.15, 0.2) is 34.9 Å². The third-order valence-corrected chi connectivity index (χ3v) is 2.53. The number of nitrogens with zero attached hydrogens (tertiary/aromatic N) is 3. The van der Waals surface area contributed by atoms with Gasteiger partial charge < -0.3 is 0 Å². The summed E-state index contributed by atoms with van der Waals surface area (Å²) in [6.45, 7) is 0. The summed E-state index contributed by atoms with van der Waals surface area (Å²) >= 11 is 9.07. The topological polar surface area (TPSA) is 38.7 Å². The molecule has 0 spiro atoms. The maximum Gasteiger partial charge on any atom is 0.243 e. The summed E-state index contributed by atoms with van der Waals surface area (Å²) in [5.74, 6) is 0. The summed E-state index contributed by atoms with van der Waals surface area (Å²) in [5, 5.41) is 7.47. The predicted octanol–water partition coefficient (Wildman–Crippen LogP) is 2.95. The standard InChI is InChI=1S/C9H5BrClN3/c10-7-4-2-1-3-6(7)8-5-12-14-9(11)13-8/h1-5H. The first kappa shape index (κ1) is 9.55.